The first kappa shape index (κ1) is 17.8. The van der Waals surface area contributed by atoms with Crippen LogP contribution in [0.5, 0.6) is 5.75 Å². The molecule has 2 aromatic heterocycles. The van der Waals surface area contributed by atoms with Crippen molar-refractivity contribution in [2.45, 2.75) is 18.9 Å². The number of aromatic nitrogens is 3. The van der Waals surface area contributed by atoms with Gasteiger partial charge in [-0.2, -0.15) is 5.10 Å². The van der Waals surface area contributed by atoms with Crippen molar-refractivity contribution in [1.82, 2.24) is 20.1 Å². The fraction of sp³-hybridized carbons (Fsp3) is 0.318. The molecule has 0 spiro atoms. The molecule has 6 nitrogen and oxygen atoms in total. The van der Waals surface area contributed by atoms with Gasteiger partial charge in [-0.1, -0.05) is 0 Å². The van der Waals surface area contributed by atoms with Crippen LogP contribution in [-0.4, -0.2) is 45.2 Å². The Morgan fingerprint density at radius 1 is 1.17 bits per heavy atom. The minimum absolute atomic E-state index is 0.0552. The maximum Gasteiger partial charge on any atom is 0.271 e. The summed E-state index contributed by atoms with van der Waals surface area (Å²) < 4.78 is 19.3. The molecule has 2 aliphatic rings. The number of carbonyl (C=O) groups excluding carboxylic acids is 1. The van der Waals surface area contributed by atoms with Gasteiger partial charge in [0, 0.05) is 30.8 Å². The van der Waals surface area contributed by atoms with Crippen molar-refractivity contribution >= 4 is 5.91 Å². The van der Waals surface area contributed by atoms with Crippen LogP contribution in [-0.2, 0) is 0 Å². The maximum atomic E-state index is 13.1. The number of hydrogen-bond acceptors (Lipinski definition) is 4. The molecule has 1 aromatic carbocycles. The summed E-state index contributed by atoms with van der Waals surface area (Å²) in [4.78, 5) is 19.0. The van der Waals surface area contributed by atoms with E-state index in [-0.39, 0.29) is 17.8 Å². The van der Waals surface area contributed by atoms with Crippen molar-refractivity contribution in [3.63, 3.8) is 0 Å². The van der Waals surface area contributed by atoms with Gasteiger partial charge >= 0.3 is 0 Å². The molecule has 5 rings (SSSR count). The van der Waals surface area contributed by atoms with Gasteiger partial charge in [0.1, 0.15) is 23.4 Å². The molecule has 0 radical (unpaired) electrons. The smallest absolute Gasteiger partial charge is 0.271 e. The summed E-state index contributed by atoms with van der Waals surface area (Å²) in [5.41, 5.74) is 1.85. The van der Waals surface area contributed by atoms with Gasteiger partial charge in [0.25, 0.3) is 5.91 Å². The molecule has 7 heteroatoms. The van der Waals surface area contributed by atoms with Crippen molar-refractivity contribution in [3.05, 3.63) is 66.4 Å². The highest BCUT2D eigenvalue weighted by Crippen LogP contribution is 2.40. The van der Waals surface area contributed by atoms with Crippen LogP contribution < -0.4 is 4.74 Å². The molecule has 148 valence electrons. The predicted molar refractivity (Wildman–Crippen MR) is 105 cm³/mol. The van der Waals surface area contributed by atoms with Crippen molar-refractivity contribution in [1.29, 1.82) is 0 Å². The lowest BCUT2D eigenvalue weighted by Gasteiger charge is -2.21. The van der Waals surface area contributed by atoms with Crippen molar-refractivity contribution in [3.8, 4) is 17.0 Å². The van der Waals surface area contributed by atoms with E-state index in [1.54, 1.807) is 30.6 Å². The van der Waals surface area contributed by atoms with Crippen molar-refractivity contribution < 1.29 is 13.9 Å². The van der Waals surface area contributed by atoms with Crippen LogP contribution >= 0.6 is 0 Å². The number of halogens is 1. The summed E-state index contributed by atoms with van der Waals surface area (Å²) in [5, 5.41) is 7.06. The summed E-state index contributed by atoms with van der Waals surface area (Å²) >= 11 is 0. The van der Waals surface area contributed by atoms with Gasteiger partial charge in [0.2, 0.25) is 0 Å². The van der Waals surface area contributed by atoms with E-state index < -0.39 is 0 Å². The molecule has 1 saturated heterocycles. The van der Waals surface area contributed by atoms with E-state index in [2.05, 4.69) is 15.2 Å². The Kier molecular flexibility index (Phi) is 4.50. The van der Waals surface area contributed by atoms with Crippen LogP contribution in [0, 0.1) is 17.7 Å². The minimum atomic E-state index is -0.299. The van der Waals surface area contributed by atoms with Crippen LogP contribution in [0.25, 0.3) is 11.3 Å². The molecule has 3 aromatic rings. The van der Waals surface area contributed by atoms with E-state index >= 15 is 0 Å². The van der Waals surface area contributed by atoms with E-state index in [9.17, 15) is 9.18 Å². The number of amides is 1. The number of rotatable bonds is 4. The lowest BCUT2D eigenvalue weighted by molar-refractivity contribution is 0.0756. The third-order valence-electron chi connectivity index (χ3n) is 5.95. The maximum absolute atomic E-state index is 13.1. The second kappa shape index (κ2) is 7.31. The molecule has 29 heavy (non-hydrogen) atoms. The molecule has 1 amide bonds. The zero-order chi connectivity index (χ0) is 19.8. The summed E-state index contributed by atoms with van der Waals surface area (Å²) in [6.45, 7) is 1.42. The van der Waals surface area contributed by atoms with E-state index in [0.717, 1.165) is 30.7 Å². The quantitative estimate of drug-likeness (QED) is 0.737. The second-order valence-electron chi connectivity index (χ2n) is 7.73. The van der Waals surface area contributed by atoms with Gasteiger partial charge in [-0.25, -0.2) is 4.39 Å². The van der Waals surface area contributed by atoms with Gasteiger partial charge in [0.15, 0.2) is 0 Å². The van der Waals surface area contributed by atoms with Crippen LogP contribution in [0.3, 0.4) is 0 Å². The topological polar surface area (TPSA) is 71.1 Å². The highest BCUT2D eigenvalue weighted by Gasteiger charge is 2.45. The molecule has 1 aliphatic heterocycles. The first-order chi connectivity index (χ1) is 14.2. The Balaban J connectivity index is 1.27. The molecule has 1 aliphatic carbocycles. The number of aromatic amines is 1. The standard InChI is InChI=1S/C22H21FN4O2/c23-16-6-3-14(4-7-16)19-10-20(26-25-19)22(28)27-12-15-5-8-21(18(15)13-27)29-17-2-1-9-24-11-17/h1-4,6-7,9-11,15,18,21H,5,8,12-13H2,(H,25,26)/t15-,18+,21+/m1/s1. The molecule has 1 N–H and O–H groups in total. The van der Waals surface area contributed by atoms with Gasteiger partial charge in [-0.3, -0.25) is 14.9 Å². The number of fused-ring (bicyclic) bond motifs is 1. The lowest BCUT2D eigenvalue weighted by Crippen LogP contribution is -2.32. The van der Waals surface area contributed by atoms with Gasteiger partial charge in [0.05, 0.1) is 11.9 Å². The molecule has 3 atom stereocenters. The number of H-pyrrole nitrogens is 1. The van der Waals surface area contributed by atoms with Crippen LogP contribution in [0.2, 0.25) is 0 Å². The summed E-state index contributed by atoms with van der Waals surface area (Å²) in [7, 11) is 0. The van der Waals surface area contributed by atoms with Crippen LogP contribution in [0.15, 0.2) is 54.9 Å². The molecule has 0 unspecified atom stereocenters. The number of pyridine rings is 1. The Morgan fingerprint density at radius 2 is 2.03 bits per heavy atom. The number of carbonyl (C=O) groups is 1. The first-order valence-electron chi connectivity index (χ1n) is 9.85. The molecular weight excluding hydrogens is 371 g/mol. The summed E-state index contributed by atoms with van der Waals surface area (Å²) in [5.74, 6) is 1.21. The number of ether oxygens (including phenoxy) is 1. The van der Waals surface area contributed by atoms with Crippen LogP contribution in [0.1, 0.15) is 23.3 Å². The predicted octanol–water partition coefficient (Wildman–Crippen LogP) is 3.54. The minimum Gasteiger partial charge on any atom is -0.488 e. The normalized spacial score (nSPS) is 23.2. The SMILES string of the molecule is O=C(c1cc(-c2ccc(F)cc2)n[nH]1)N1C[C@H]2CC[C@H](Oc3cccnc3)[C@H]2C1. The Morgan fingerprint density at radius 3 is 2.83 bits per heavy atom. The zero-order valence-electron chi connectivity index (χ0n) is 15.8. The number of benzene rings is 1. The average Bonchev–Trinajstić information content (AvgIpc) is 3.46. The van der Waals surface area contributed by atoms with Gasteiger partial charge in [-0.05, 0) is 61.2 Å². The first-order valence-corrected chi connectivity index (χ1v) is 9.85. The number of nitrogens with zero attached hydrogens (tertiary/aromatic N) is 3. The Hall–Kier alpha value is -3.22. The molecule has 1 saturated carbocycles. The zero-order valence-corrected chi connectivity index (χ0v) is 15.8. The van der Waals surface area contributed by atoms with Gasteiger partial charge < -0.3 is 9.64 Å². The summed E-state index contributed by atoms with van der Waals surface area (Å²) in [6.07, 6.45) is 5.63. The Bertz CT molecular complexity index is 1010. The molecule has 0 bridgehead atoms. The number of nitrogens with one attached hydrogen (secondary N) is 1. The fourth-order valence-electron chi connectivity index (χ4n) is 4.49. The van der Waals surface area contributed by atoms with E-state index in [1.165, 1.54) is 12.1 Å². The fourth-order valence-corrected chi connectivity index (χ4v) is 4.49. The molecule has 2 fully saturated rings. The highest BCUT2D eigenvalue weighted by atomic mass is 19.1. The number of likely N-dealkylation sites (tertiary alicyclic amines) is 1. The Labute approximate surface area is 167 Å². The second-order valence-corrected chi connectivity index (χ2v) is 7.73. The largest absolute Gasteiger partial charge is 0.488 e. The van der Waals surface area contributed by atoms with E-state index in [4.69, 9.17) is 4.74 Å². The third kappa shape index (κ3) is 3.48. The summed E-state index contributed by atoms with van der Waals surface area (Å²) in [6, 6.07) is 11.6. The van der Waals surface area contributed by atoms with Crippen LogP contribution in [0.4, 0.5) is 4.39 Å². The monoisotopic (exact) mass is 392 g/mol. The van der Waals surface area contributed by atoms with Crippen molar-refractivity contribution in [2.24, 2.45) is 11.8 Å². The van der Waals surface area contributed by atoms with E-state index in [0.29, 0.717) is 29.8 Å². The number of hydrogen-bond donors (Lipinski definition) is 1. The molecule has 3 heterocycles. The third-order valence-corrected chi connectivity index (χ3v) is 5.95. The van der Waals surface area contributed by atoms with Crippen molar-refractivity contribution in [2.75, 3.05) is 13.1 Å². The molecular formula is C22H21FN4O2. The average molecular weight is 392 g/mol. The van der Waals surface area contributed by atoms with Gasteiger partial charge in [-0.15, -0.1) is 0 Å². The lowest BCUT2D eigenvalue weighted by atomic mass is 9.99. The highest BCUT2D eigenvalue weighted by molar-refractivity contribution is 5.93. The van der Waals surface area contributed by atoms with E-state index in [1.807, 2.05) is 17.0 Å².